The first kappa shape index (κ1) is 13.0. The second kappa shape index (κ2) is 5.95. The number of hydrogen-bond donors (Lipinski definition) is 1. The van der Waals surface area contributed by atoms with Crippen molar-refractivity contribution in [2.24, 2.45) is 11.0 Å². The maximum Gasteiger partial charge on any atom is 0.357 e. The van der Waals surface area contributed by atoms with Crippen LogP contribution in [0.1, 0.15) is 43.6 Å². The van der Waals surface area contributed by atoms with Gasteiger partial charge >= 0.3 is 5.97 Å². The van der Waals surface area contributed by atoms with E-state index in [1.807, 2.05) is 0 Å². The van der Waals surface area contributed by atoms with Gasteiger partial charge in [-0.1, -0.05) is 6.92 Å². The van der Waals surface area contributed by atoms with Crippen molar-refractivity contribution in [3.63, 3.8) is 0 Å². The van der Waals surface area contributed by atoms with E-state index < -0.39 is 0 Å². The Morgan fingerprint density at radius 1 is 1.72 bits per heavy atom. The van der Waals surface area contributed by atoms with Gasteiger partial charge in [-0.2, -0.15) is 5.10 Å². The summed E-state index contributed by atoms with van der Waals surface area (Å²) in [7, 11) is 0. The van der Waals surface area contributed by atoms with Crippen LogP contribution in [0.2, 0.25) is 0 Å². The Morgan fingerprint density at radius 2 is 2.56 bits per heavy atom. The van der Waals surface area contributed by atoms with Crippen molar-refractivity contribution in [1.29, 1.82) is 0 Å². The monoisotopic (exact) mass is 267 g/mol. The van der Waals surface area contributed by atoms with Crippen molar-refractivity contribution in [2.75, 3.05) is 12.0 Å². The largest absolute Gasteiger partial charge is 0.461 e. The molecule has 1 fully saturated rings. The minimum Gasteiger partial charge on any atom is -0.461 e. The molecule has 0 amide bonds. The van der Waals surface area contributed by atoms with E-state index in [0.717, 1.165) is 6.42 Å². The summed E-state index contributed by atoms with van der Waals surface area (Å²) in [5.74, 6) is 0.158. The number of hydrazone groups is 1. The van der Waals surface area contributed by atoms with E-state index in [2.05, 4.69) is 22.4 Å². The molecular weight excluding hydrogens is 250 g/mol. The van der Waals surface area contributed by atoms with Crippen molar-refractivity contribution >= 4 is 28.1 Å². The van der Waals surface area contributed by atoms with Crippen LogP contribution in [0.4, 0.5) is 5.13 Å². The fourth-order valence-electron chi connectivity index (χ4n) is 1.91. The standard InChI is InChI=1S/C12H17N3O2S/c1-3-17-11(16)10-7-18-12(13-10)15-14-9-6-4-5-8(9)2/h7-8H,3-6H2,1-2H3,(H,13,15)/b14-9-. The molecule has 1 aliphatic carbocycles. The summed E-state index contributed by atoms with van der Waals surface area (Å²) in [5, 5.41) is 6.66. The number of carbonyl (C=O) groups is 1. The fraction of sp³-hybridized carbons (Fsp3) is 0.583. The number of rotatable bonds is 4. The fourth-order valence-corrected chi connectivity index (χ4v) is 2.53. The normalized spacial score (nSPS) is 21.2. The third kappa shape index (κ3) is 3.07. The van der Waals surface area contributed by atoms with Crippen LogP contribution in [-0.2, 0) is 4.74 Å². The lowest BCUT2D eigenvalue weighted by Gasteiger charge is -2.02. The molecule has 1 unspecified atom stereocenters. The van der Waals surface area contributed by atoms with Gasteiger partial charge in [0.2, 0.25) is 5.13 Å². The van der Waals surface area contributed by atoms with Gasteiger partial charge in [-0.3, -0.25) is 5.43 Å². The first-order valence-electron chi connectivity index (χ1n) is 6.15. The Kier molecular flexibility index (Phi) is 4.30. The lowest BCUT2D eigenvalue weighted by Crippen LogP contribution is -2.06. The number of nitrogens with zero attached hydrogens (tertiary/aromatic N) is 2. The molecule has 2 rings (SSSR count). The molecule has 1 saturated carbocycles. The number of esters is 1. The lowest BCUT2D eigenvalue weighted by atomic mass is 10.1. The van der Waals surface area contributed by atoms with Crippen LogP contribution in [0.25, 0.3) is 0 Å². The summed E-state index contributed by atoms with van der Waals surface area (Å²) < 4.78 is 4.88. The molecule has 1 N–H and O–H groups in total. The van der Waals surface area contributed by atoms with Crippen LogP contribution in [-0.4, -0.2) is 23.3 Å². The summed E-state index contributed by atoms with van der Waals surface area (Å²) in [5.41, 5.74) is 4.44. The Labute approximate surface area is 110 Å². The van der Waals surface area contributed by atoms with E-state index in [9.17, 15) is 4.79 Å². The summed E-state index contributed by atoms with van der Waals surface area (Å²) in [6.45, 7) is 4.31. The van der Waals surface area contributed by atoms with Gasteiger partial charge < -0.3 is 4.74 Å². The number of ether oxygens (including phenoxy) is 1. The molecule has 0 aliphatic heterocycles. The molecule has 1 heterocycles. The van der Waals surface area contributed by atoms with Crippen molar-refractivity contribution in [1.82, 2.24) is 4.98 Å². The molecular formula is C12H17N3O2S. The number of aromatic nitrogens is 1. The van der Waals surface area contributed by atoms with Crippen LogP contribution in [0.15, 0.2) is 10.5 Å². The zero-order valence-electron chi connectivity index (χ0n) is 10.6. The zero-order valence-corrected chi connectivity index (χ0v) is 11.4. The topological polar surface area (TPSA) is 63.6 Å². The molecule has 0 bridgehead atoms. The average molecular weight is 267 g/mol. The molecule has 1 aliphatic rings. The van der Waals surface area contributed by atoms with Gasteiger partial charge in [0, 0.05) is 11.1 Å². The maximum absolute atomic E-state index is 11.4. The summed E-state index contributed by atoms with van der Waals surface area (Å²) in [6.07, 6.45) is 3.45. The molecule has 0 saturated heterocycles. The molecule has 0 aromatic carbocycles. The first-order valence-corrected chi connectivity index (χ1v) is 7.03. The van der Waals surface area contributed by atoms with Crippen molar-refractivity contribution < 1.29 is 9.53 Å². The minimum atomic E-state index is -0.385. The molecule has 1 aromatic heterocycles. The van der Waals surface area contributed by atoms with E-state index in [0.29, 0.717) is 23.4 Å². The highest BCUT2D eigenvalue weighted by Gasteiger charge is 2.18. The molecule has 0 spiro atoms. The summed E-state index contributed by atoms with van der Waals surface area (Å²) >= 11 is 1.36. The highest BCUT2D eigenvalue weighted by atomic mass is 32.1. The molecule has 6 heteroatoms. The highest BCUT2D eigenvalue weighted by Crippen LogP contribution is 2.23. The van der Waals surface area contributed by atoms with Crippen LogP contribution in [0, 0.1) is 5.92 Å². The van der Waals surface area contributed by atoms with Crippen LogP contribution >= 0.6 is 11.3 Å². The smallest absolute Gasteiger partial charge is 0.357 e. The molecule has 1 aromatic rings. The summed E-state index contributed by atoms with van der Waals surface area (Å²) in [6, 6.07) is 0. The molecule has 5 nitrogen and oxygen atoms in total. The Morgan fingerprint density at radius 3 is 3.22 bits per heavy atom. The maximum atomic E-state index is 11.4. The van der Waals surface area contributed by atoms with Gasteiger partial charge in [0.15, 0.2) is 5.69 Å². The second-order valence-corrected chi connectivity index (χ2v) is 5.12. The third-order valence-electron chi connectivity index (χ3n) is 2.92. The van der Waals surface area contributed by atoms with Gasteiger partial charge in [-0.15, -0.1) is 11.3 Å². The van der Waals surface area contributed by atoms with Gasteiger partial charge in [-0.25, -0.2) is 9.78 Å². The average Bonchev–Trinajstić information content (AvgIpc) is 2.96. The van der Waals surface area contributed by atoms with Crippen LogP contribution in [0.3, 0.4) is 0 Å². The molecule has 98 valence electrons. The number of anilines is 1. The zero-order chi connectivity index (χ0) is 13.0. The molecule has 18 heavy (non-hydrogen) atoms. The Bertz CT molecular complexity index is 456. The van der Waals surface area contributed by atoms with E-state index in [4.69, 9.17) is 4.74 Å². The molecule has 1 atom stereocenters. The van der Waals surface area contributed by atoms with Crippen LogP contribution in [0.5, 0.6) is 0 Å². The van der Waals surface area contributed by atoms with Crippen molar-refractivity contribution in [3.8, 4) is 0 Å². The quantitative estimate of drug-likeness (QED) is 0.673. The Balaban J connectivity index is 1.96. The van der Waals surface area contributed by atoms with Crippen LogP contribution < -0.4 is 5.43 Å². The lowest BCUT2D eigenvalue weighted by molar-refractivity contribution is 0.0520. The van der Waals surface area contributed by atoms with Gasteiger partial charge in [0.1, 0.15) is 0 Å². The Hall–Kier alpha value is -1.43. The number of hydrogen-bond acceptors (Lipinski definition) is 6. The summed E-state index contributed by atoms with van der Waals surface area (Å²) in [4.78, 5) is 15.6. The highest BCUT2D eigenvalue weighted by molar-refractivity contribution is 7.13. The van der Waals surface area contributed by atoms with Crippen molar-refractivity contribution in [3.05, 3.63) is 11.1 Å². The predicted octanol–water partition coefficient (Wildman–Crippen LogP) is 2.91. The third-order valence-corrected chi connectivity index (χ3v) is 3.67. The predicted molar refractivity (Wildman–Crippen MR) is 72.1 cm³/mol. The van der Waals surface area contributed by atoms with E-state index in [1.165, 1.54) is 29.9 Å². The van der Waals surface area contributed by atoms with Gasteiger partial charge in [0.05, 0.1) is 6.61 Å². The number of nitrogens with one attached hydrogen (secondary N) is 1. The second-order valence-electron chi connectivity index (χ2n) is 4.27. The van der Waals surface area contributed by atoms with Gasteiger partial charge in [0.25, 0.3) is 0 Å². The first-order chi connectivity index (χ1) is 8.70. The van der Waals surface area contributed by atoms with Crippen molar-refractivity contribution in [2.45, 2.75) is 33.1 Å². The van der Waals surface area contributed by atoms with Gasteiger partial charge in [-0.05, 0) is 32.1 Å². The van der Waals surface area contributed by atoms with E-state index >= 15 is 0 Å². The number of carbonyl (C=O) groups excluding carboxylic acids is 1. The van der Waals surface area contributed by atoms with E-state index in [1.54, 1.807) is 12.3 Å². The molecule has 0 radical (unpaired) electrons. The number of thiazole rings is 1. The SMILES string of the molecule is CCOC(=O)c1csc(N/N=C2/CCCC2C)n1. The van der Waals surface area contributed by atoms with E-state index in [-0.39, 0.29) is 5.97 Å². The minimum absolute atomic E-state index is 0.337.